The Bertz CT molecular complexity index is 154. The van der Waals surface area contributed by atoms with Gasteiger partial charge in [-0.3, -0.25) is 0 Å². The number of allylic oxidation sites excluding steroid dienone is 2. The third-order valence-electron chi connectivity index (χ3n) is 2.08. The molecule has 0 N–H and O–H groups in total. The molecule has 62 valence electrons. The molecule has 1 aliphatic rings. The fourth-order valence-corrected chi connectivity index (χ4v) is 1.78. The maximum Gasteiger partial charge on any atom is 0.109 e. The van der Waals surface area contributed by atoms with Crippen LogP contribution in [0.25, 0.3) is 0 Å². The Kier molecular flexibility index (Phi) is 4.15. The molecule has 0 fully saturated rings. The molecule has 0 aromatic heterocycles. The highest BCUT2D eigenvalue weighted by Crippen LogP contribution is 2.23. The lowest BCUT2D eigenvalue weighted by molar-refractivity contribution is 0.332. The standard InChI is InChI=1S/C9H13IO/c1-2-8-3-5-9(6-4-8)7-11-10/h2-3,5,8-9H,1,4,6-7H2. The van der Waals surface area contributed by atoms with Crippen molar-refractivity contribution in [2.75, 3.05) is 6.61 Å². The van der Waals surface area contributed by atoms with E-state index in [0.717, 1.165) is 6.61 Å². The van der Waals surface area contributed by atoms with Crippen molar-refractivity contribution in [2.45, 2.75) is 12.8 Å². The molecular weight excluding hydrogens is 251 g/mol. The van der Waals surface area contributed by atoms with Crippen molar-refractivity contribution >= 4 is 23.0 Å². The maximum atomic E-state index is 5.04. The summed E-state index contributed by atoms with van der Waals surface area (Å²) in [6, 6.07) is 0. The van der Waals surface area contributed by atoms with Crippen LogP contribution in [0.3, 0.4) is 0 Å². The Hall–Kier alpha value is 0.170. The van der Waals surface area contributed by atoms with E-state index in [1.165, 1.54) is 12.8 Å². The number of halogens is 1. The van der Waals surface area contributed by atoms with Crippen LogP contribution in [-0.2, 0) is 3.07 Å². The zero-order chi connectivity index (χ0) is 8.10. The van der Waals surface area contributed by atoms with E-state index < -0.39 is 0 Å². The Morgan fingerprint density at radius 1 is 1.55 bits per heavy atom. The Morgan fingerprint density at radius 2 is 2.36 bits per heavy atom. The van der Waals surface area contributed by atoms with Gasteiger partial charge in [-0.2, -0.15) is 0 Å². The van der Waals surface area contributed by atoms with Crippen molar-refractivity contribution in [1.29, 1.82) is 0 Å². The summed E-state index contributed by atoms with van der Waals surface area (Å²) in [6.45, 7) is 4.62. The summed E-state index contributed by atoms with van der Waals surface area (Å²) in [5.74, 6) is 1.23. The normalized spacial score (nSPS) is 30.3. The topological polar surface area (TPSA) is 9.23 Å². The molecule has 2 unspecified atom stereocenters. The van der Waals surface area contributed by atoms with Gasteiger partial charge >= 0.3 is 0 Å². The molecule has 2 heteroatoms. The molecule has 0 bridgehead atoms. The highest BCUT2D eigenvalue weighted by molar-refractivity contribution is 14.1. The zero-order valence-corrected chi connectivity index (χ0v) is 8.66. The summed E-state index contributed by atoms with van der Waals surface area (Å²) in [5, 5.41) is 0. The molecule has 0 aliphatic heterocycles. The fraction of sp³-hybridized carbons (Fsp3) is 0.556. The van der Waals surface area contributed by atoms with E-state index in [2.05, 4.69) is 18.7 Å². The minimum atomic E-state index is 0.598. The van der Waals surface area contributed by atoms with Crippen molar-refractivity contribution in [3.63, 3.8) is 0 Å². The minimum absolute atomic E-state index is 0.598. The van der Waals surface area contributed by atoms with Gasteiger partial charge in [0.05, 0.1) is 6.61 Å². The van der Waals surface area contributed by atoms with E-state index in [-0.39, 0.29) is 0 Å². The molecule has 0 aromatic carbocycles. The summed E-state index contributed by atoms with van der Waals surface area (Å²) in [6.07, 6.45) is 8.95. The molecule has 0 radical (unpaired) electrons. The second-order valence-corrected chi connectivity index (χ2v) is 3.52. The van der Waals surface area contributed by atoms with Crippen LogP contribution in [0.1, 0.15) is 12.8 Å². The van der Waals surface area contributed by atoms with Crippen molar-refractivity contribution in [2.24, 2.45) is 11.8 Å². The average molecular weight is 264 g/mol. The van der Waals surface area contributed by atoms with Gasteiger partial charge in [0.25, 0.3) is 0 Å². The van der Waals surface area contributed by atoms with Crippen LogP contribution in [0, 0.1) is 11.8 Å². The monoisotopic (exact) mass is 264 g/mol. The molecule has 0 saturated heterocycles. The van der Waals surface area contributed by atoms with Crippen LogP contribution in [0.15, 0.2) is 24.8 Å². The van der Waals surface area contributed by atoms with Gasteiger partial charge in [-0.15, -0.1) is 6.58 Å². The molecule has 1 nitrogen and oxygen atoms in total. The second kappa shape index (κ2) is 4.93. The predicted octanol–water partition coefficient (Wildman–Crippen LogP) is 3.12. The predicted molar refractivity (Wildman–Crippen MR) is 55.5 cm³/mol. The first kappa shape index (κ1) is 9.26. The first-order valence-electron chi connectivity index (χ1n) is 3.91. The van der Waals surface area contributed by atoms with E-state index in [9.17, 15) is 0 Å². The summed E-state index contributed by atoms with van der Waals surface area (Å²) in [4.78, 5) is 0. The van der Waals surface area contributed by atoms with Gasteiger partial charge in [0, 0.05) is 5.92 Å². The first-order valence-corrected chi connectivity index (χ1v) is 4.79. The lowest BCUT2D eigenvalue weighted by Gasteiger charge is -2.18. The Labute approximate surface area is 82.2 Å². The molecule has 1 rings (SSSR count). The lowest BCUT2D eigenvalue weighted by atomic mass is 9.89. The van der Waals surface area contributed by atoms with E-state index in [1.807, 2.05) is 29.1 Å². The SMILES string of the molecule is C=CC1C=CC(COI)CC1. The van der Waals surface area contributed by atoms with Gasteiger partial charge in [0.2, 0.25) is 0 Å². The largest absolute Gasteiger partial charge is 0.315 e. The number of hydrogen-bond donors (Lipinski definition) is 0. The zero-order valence-electron chi connectivity index (χ0n) is 6.50. The quantitative estimate of drug-likeness (QED) is 0.562. The van der Waals surface area contributed by atoms with Crippen molar-refractivity contribution < 1.29 is 3.07 Å². The van der Waals surface area contributed by atoms with Gasteiger partial charge in [-0.25, -0.2) is 0 Å². The van der Waals surface area contributed by atoms with E-state index in [0.29, 0.717) is 11.8 Å². The molecule has 0 saturated carbocycles. The van der Waals surface area contributed by atoms with Crippen molar-refractivity contribution in [3.05, 3.63) is 24.8 Å². The van der Waals surface area contributed by atoms with E-state index in [1.54, 1.807) is 0 Å². The third kappa shape index (κ3) is 2.95. The summed E-state index contributed by atoms with van der Waals surface area (Å²) in [5.41, 5.74) is 0. The average Bonchev–Trinajstić information content (AvgIpc) is 2.07. The molecule has 0 amide bonds. The minimum Gasteiger partial charge on any atom is -0.315 e. The van der Waals surface area contributed by atoms with Crippen LogP contribution >= 0.6 is 23.0 Å². The van der Waals surface area contributed by atoms with Gasteiger partial charge in [-0.1, -0.05) is 18.2 Å². The summed E-state index contributed by atoms with van der Waals surface area (Å²) < 4.78 is 5.04. The lowest BCUT2D eigenvalue weighted by Crippen LogP contribution is -2.10. The van der Waals surface area contributed by atoms with Crippen LogP contribution in [0.4, 0.5) is 0 Å². The Balaban J connectivity index is 2.36. The van der Waals surface area contributed by atoms with Crippen LogP contribution < -0.4 is 0 Å². The first-order chi connectivity index (χ1) is 5.36. The smallest absolute Gasteiger partial charge is 0.109 e. The number of rotatable bonds is 3. The summed E-state index contributed by atoms with van der Waals surface area (Å²) in [7, 11) is 0. The fourth-order valence-electron chi connectivity index (χ4n) is 1.32. The highest BCUT2D eigenvalue weighted by atomic mass is 127. The number of hydrogen-bond acceptors (Lipinski definition) is 1. The van der Waals surface area contributed by atoms with Gasteiger partial charge < -0.3 is 3.07 Å². The highest BCUT2D eigenvalue weighted by Gasteiger charge is 2.12. The molecule has 1 aliphatic carbocycles. The van der Waals surface area contributed by atoms with Crippen LogP contribution in [0.5, 0.6) is 0 Å². The molecule has 0 aromatic rings. The van der Waals surface area contributed by atoms with Gasteiger partial charge in [0.1, 0.15) is 23.0 Å². The molecule has 0 spiro atoms. The van der Waals surface area contributed by atoms with E-state index in [4.69, 9.17) is 3.07 Å². The molecule has 2 atom stereocenters. The second-order valence-electron chi connectivity index (χ2n) is 2.90. The molecule has 0 heterocycles. The van der Waals surface area contributed by atoms with Gasteiger partial charge in [0.15, 0.2) is 0 Å². The molecular formula is C9H13IO. The summed E-state index contributed by atoms with van der Waals surface area (Å²) >= 11 is 1.95. The van der Waals surface area contributed by atoms with E-state index >= 15 is 0 Å². The Morgan fingerprint density at radius 3 is 2.82 bits per heavy atom. The third-order valence-corrected chi connectivity index (χ3v) is 2.44. The van der Waals surface area contributed by atoms with Crippen molar-refractivity contribution in [1.82, 2.24) is 0 Å². The van der Waals surface area contributed by atoms with Crippen molar-refractivity contribution in [3.8, 4) is 0 Å². The van der Waals surface area contributed by atoms with Crippen LogP contribution in [0.2, 0.25) is 0 Å². The molecule has 11 heavy (non-hydrogen) atoms. The maximum absolute atomic E-state index is 5.04. The van der Waals surface area contributed by atoms with Gasteiger partial charge in [-0.05, 0) is 18.8 Å². The van der Waals surface area contributed by atoms with Crippen LogP contribution in [-0.4, -0.2) is 6.61 Å².